The molecule has 0 aromatic heterocycles. The van der Waals surface area contributed by atoms with E-state index in [2.05, 4.69) is 5.32 Å². The summed E-state index contributed by atoms with van der Waals surface area (Å²) in [6, 6.07) is 29.0. The van der Waals surface area contributed by atoms with Gasteiger partial charge in [-0.25, -0.2) is 8.42 Å². The highest BCUT2D eigenvalue weighted by Gasteiger charge is 2.33. The van der Waals surface area contributed by atoms with Gasteiger partial charge in [-0.15, -0.1) is 0 Å². The molecule has 2 amide bonds. The Balaban J connectivity index is 1.69. The van der Waals surface area contributed by atoms with E-state index in [0.29, 0.717) is 33.7 Å². The van der Waals surface area contributed by atoms with Crippen molar-refractivity contribution in [3.05, 3.63) is 124 Å². The molecular weight excluding hydrogens is 645 g/mol. The normalized spacial score (nSPS) is 12.0. The minimum atomic E-state index is -3.92. The highest BCUT2D eigenvalue weighted by Crippen LogP contribution is 2.27. The molecule has 0 radical (unpaired) electrons. The van der Waals surface area contributed by atoms with E-state index in [1.165, 1.54) is 4.90 Å². The second-order valence-electron chi connectivity index (χ2n) is 11.3. The van der Waals surface area contributed by atoms with Crippen LogP contribution in [0, 0.1) is 5.92 Å². The van der Waals surface area contributed by atoms with E-state index in [9.17, 15) is 18.0 Å². The summed E-state index contributed by atoms with van der Waals surface area (Å²) in [5.41, 5.74) is 1.74. The van der Waals surface area contributed by atoms with Crippen LogP contribution in [0.4, 0.5) is 5.69 Å². The van der Waals surface area contributed by atoms with Crippen molar-refractivity contribution >= 4 is 50.7 Å². The summed E-state index contributed by atoms with van der Waals surface area (Å²) in [4.78, 5) is 29.4. The van der Waals surface area contributed by atoms with Crippen LogP contribution in [0.25, 0.3) is 0 Å². The van der Waals surface area contributed by atoms with E-state index in [0.717, 1.165) is 16.1 Å². The number of sulfonamides is 1. The lowest BCUT2D eigenvalue weighted by Crippen LogP contribution is -2.53. The number of anilines is 1. The molecule has 0 heterocycles. The zero-order chi connectivity index (χ0) is 33.3. The minimum Gasteiger partial charge on any atom is -0.457 e. The number of halogens is 2. The lowest BCUT2D eigenvalue weighted by atomic mass is 10.0. The van der Waals surface area contributed by atoms with E-state index in [1.54, 1.807) is 54.6 Å². The van der Waals surface area contributed by atoms with E-state index in [-0.39, 0.29) is 30.5 Å². The van der Waals surface area contributed by atoms with Crippen LogP contribution in [0.15, 0.2) is 103 Å². The maximum Gasteiger partial charge on any atom is 0.244 e. The van der Waals surface area contributed by atoms with Gasteiger partial charge in [0.05, 0.1) is 22.0 Å². The van der Waals surface area contributed by atoms with Gasteiger partial charge in [0, 0.05) is 19.5 Å². The fourth-order valence-corrected chi connectivity index (χ4v) is 5.90. The highest BCUT2D eigenvalue weighted by molar-refractivity contribution is 7.92. The molecule has 0 unspecified atom stereocenters. The summed E-state index contributed by atoms with van der Waals surface area (Å²) in [6.07, 6.45) is 1.25. The van der Waals surface area contributed by atoms with Crippen LogP contribution in [0.5, 0.6) is 11.5 Å². The number of nitrogens with zero attached hydrogens (tertiary/aromatic N) is 2. The van der Waals surface area contributed by atoms with E-state index in [4.69, 9.17) is 27.9 Å². The first-order chi connectivity index (χ1) is 21.9. The standard InChI is InChI=1S/C35H37Cl2N3O5S/c1-25(2)22-38-35(42)33(21-26-10-6-4-7-11-26)39(23-27-14-19-31(36)32(37)20-27)34(41)24-40(46(3,43)44)28-15-17-30(18-16-28)45-29-12-8-5-9-13-29/h4-20,25,33H,21-24H2,1-3H3,(H,38,42)/t33-/m1/s1. The lowest BCUT2D eigenvalue weighted by molar-refractivity contribution is -0.140. The molecule has 242 valence electrons. The van der Waals surface area contributed by atoms with Crippen molar-refractivity contribution in [1.82, 2.24) is 10.2 Å². The second-order valence-corrected chi connectivity index (χ2v) is 14.0. The number of hydrogen-bond acceptors (Lipinski definition) is 5. The Kier molecular flexibility index (Phi) is 12.1. The second kappa shape index (κ2) is 16.0. The van der Waals surface area contributed by atoms with Crippen molar-refractivity contribution in [3.8, 4) is 11.5 Å². The Morgan fingerprint density at radius 3 is 2.00 bits per heavy atom. The Morgan fingerprint density at radius 1 is 0.804 bits per heavy atom. The van der Waals surface area contributed by atoms with Crippen LogP contribution in [0.3, 0.4) is 0 Å². The summed E-state index contributed by atoms with van der Waals surface area (Å²) in [5.74, 6) is 0.389. The SMILES string of the molecule is CC(C)CNC(=O)[C@@H](Cc1ccccc1)N(Cc1ccc(Cl)c(Cl)c1)C(=O)CN(c1ccc(Oc2ccccc2)cc1)S(C)(=O)=O. The molecular formula is C35H37Cl2N3O5S. The van der Waals surface area contributed by atoms with E-state index in [1.807, 2.05) is 62.4 Å². The van der Waals surface area contributed by atoms with Gasteiger partial charge in [-0.3, -0.25) is 13.9 Å². The molecule has 0 aliphatic heterocycles. The van der Waals surface area contributed by atoms with Crippen LogP contribution < -0.4 is 14.4 Å². The number of rotatable bonds is 14. The molecule has 0 fully saturated rings. The van der Waals surface area contributed by atoms with Gasteiger partial charge in [-0.05, 0) is 65.6 Å². The molecule has 0 aliphatic carbocycles. The van der Waals surface area contributed by atoms with Gasteiger partial charge in [0.2, 0.25) is 21.8 Å². The number of ether oxygens (including phenoxy) is 1. The number of carbonyl (C=O) groups excluding carboxylic acids is 2. The zero-order valence-corrected chi connectivity index (χ0v) is 28.2. The summed E-state index contributed by atoms with van der Waals surface area (Å²) in [7, 11) is -3.92. The molecule has 8 nitrogen and oxygen atoms in total. The van der Waals surface area contributed by atoms with Gasteiger partial charge in [0.25, 0.3) is 0 Å². The van der Waals surface area contributed by atoms with Crippen LogP contribution in [-0.2, 0) is 32.6 Å². The van der Waals surface area contributed by atoms with Crippen molar-refractivity contribution in [2.45, 2.75) is 32.9 Å². The van der Waals surface area contributed by atoms with Gasteiger partial charge in [0.15, 0.2) is 0 Å². The summed E-state index contributed by atoms with van der Waals surface area (Å²) >= 11 is 12.5. The topological polar surface area (TPSA) is 96.0 Å². The molecule has 0 spiro atoms. The first kappa shape index (κ1) is 34.8. The number of para-hydroxylation sites is 1. The third-order valence-electron chi connectivity index (χ3n) is 7.08. The smallest absolute Gasteiger partial charge is 0.244 e. The van der Waals surface area contributed by atoms with Crippen LogP contribution in [0.2, 0.25) is 10.0 Å². The highest BCUT2D eigenvalue weighted by atomic mass is 35.5. The number of nitrogens with one attached hydrogen (secondary N) is 1. The number of amides is 2. The average molecular weight is 683 g/mol. The molecule has 0 saturated carbocycles. The Labute approximate surface area is 280 Å². The van der Waals surface area contributed by atoms with Gasteiger partial charge < -0.3 is 15.0 Å². The fraction of sp³-hybridized carbons (Fsp3) is 0.257. The summed E-state index contributed by atoms with van der Waals surface area (Å²) < 4.78 is 33.1. The monoisotopic (exact) mass is 681 g/mol. The lowest BCUT2D eigenvalue weighted by Gasteiger charge is -2.33. The molecule has 4 aromatic rings. The fourth-order valence-electron chi connectivity index (χ4n) is 4.73. The van der Waals surface area contributed by atoms with Gasteiger partial charge >= 0.3 is 0 Å². The Hall–Kier alpha value is -4.05. The Morgan fingerprint density at radius 2 is 1.41 bits per heavy atom. The maximum atomic E-state index is 14.3. The van der Waals surface area contributed by atoms with Crippen molar-refractivity contribution in [2.75, 3.05) is 23.7 Å². The van der Waals surface area contributed by atoms with Crippen molar-refractivity contribution < 1.29 is 22.7 Å². The first-order valence-corrected chi connectivity index (χ1v) is 17.4. The zero-order valence-electron chi connectivity index (χ0n) is 25.9. The van der Waals surface area contributed by atoms with Gasteiger partial charge in [-0.1, -0.05) is 91.6 Å². The number of benzene rings is 4. The third kappa shape index (κ3) is 9.97. The molecule has 0 bridgehead atoms. The first-order valence-electron chi connectivity index (χ1n) is 14.8. The molecule has 0 aliphatic rings. The van der Waals surface area contributed by atoms with E-state index < -0.39 is 28.5 Å². The molecule has 0 saturated heterocycles. The molecule has 1 atom stereocenters. The molecule has 11 heteroatoms. The molecule has 46 heavy (non-hydrogen) atoms. The van der Waals surface area contributed by atoms with Gasteiger partial charge in [-0.2, -0.15) is 0 Å². The predicted molar refractivity (Wildman–Crippen MR) is 184 cm³/mol. The number of carbonyl (C=O) groups is 2. The number of hydrogen-bond donors (Lipinski definition) is 1. The van der Waals surface area contributed by atoms with Crippen molar-refractivity contribution in [3.63, 3.8) is 0 Å². The van der Waals surface area contributed by atoms with Crippen LogP contribution in [0.1, 0.15) is 25.0 Å². The van der Waals surface area contributed by atoms with E-state index >= 15 is 0 Å². The average Bonchev–Trinajstić information content (AvgIpc) is 3.03. The molecule has 1 N–H and O–H groups in total. The maximum absolute atomic E-state index is 14.3. The van der Waals surface area contributed by atoms with Crippen LogP contribution >= 0.6 is 23.2 Å². The molecule has 4 aromatic carbocycles. The summed E-state index contributed by atoms with van der Waals surface area (Å²) in [6.45, 7) is 3.81. The minimum absolute atomic E-state index is 0.0101. The third-order valence-corrected chi connectivity index (χ3v) is 8.95. The van der Waals surface area contributed by atoms with Gasteiger partial charge in [0.1, 0.15) is 24.1 Å². The summed E-state index contributed by atoms with van der Waals surface area (Å²) in [5, 5.41) is 3.61. The predicted octanol–water partition coefficient (Wildman–Crippen LogP) is 6.96. The van der Waals surface area contributed by atoms with Crippen LogP contribution in [-0.4, -0.2) is 50.5 Å². The molecule has 4 rings (SSSR count). The van der Waals surface area contributed by atoms with Crippen molar-refractivity contribution in [2.24, 2.45) is 5.92 Å². The van der Waals surface area contributed by atoms with Crippen molar-refractivity contribution in [1.29, 1.82) is 0 Å². The quantitative estimate of drug-likeness (QED) is 0.155. The Bertz CT molecular complexity index is 1720. The largest absolute Gasteiger partial charge is 0.457 e.